The van der Waals surface area contributed by atoms with Gasteiger partial charge in [0.1, 0.15) is 16.4 Å². The van der Waals surface area contributed by atoms with E-state index >= 15 is 0 Å². The van der Waals surface area contributed by atoms with Crippen LogP contribution < -0.4 is 9.47 Å². The van der Waals surface area contributed by atoms with Crippen LogP contribution in [0.1, 0.15) is 35.7 Å². The van der Waals surface area contributed by atoms with Crippen molar-refractivity contribution in [3.63, 3.8) is 0 Å². The highest BCUT2D eigenvalue weighted by Gasteiger charge is 2.31. The number of piperidine rings is 1. The zero-order valence-electron chi connectivity index (χ0n) is 18.8. The molecule has 1 amide bonds. The average molecular weight is 481 g/mol. The Morgan fingerprint density at radius 1 is 1.19 bits per heavy atom. The summed E-state index contributed by atoms with van der Waals surface area (Å²) in [5, 5.41) is 0.110. The van der Waals surface area contributed by atoms with E-state index in [1.807, 2.05) is 13.0 Å². The predicted octanol–water partition coefficient (Wildman–Crippen LogP) is 4.05. The molecule has 1 heterocycles. The number of rotatable bonds is 7. The molecule has 1 aliphatic heterocycles. The maximum absolute atomic E-state index is 13.2. The van der Waals surface area contributed by atoms with Gasteiger partial charge in [0.15, 0.2) is 0 Å². The molecule has 2 aromatic carbocycles. The zero-order chi connectivity index (χ0) is 23.5. The van der Waals surface area contributed by atoms with E-state index in [0.29, 0.717) is 24.6 Å². The van der Waals surface area contributed by atoms with Crippen molar-refractivity contribution in [2.45, 2.75) is 31.2 Å². The van der Waals surface area contributed by atoms with E-state index in [-0.39, 0.29) is 33.9 Å². The molecule has 0 N–H and O–H groups in total. The quantitative estimate of drug-likeness (QED) is 0.597. The van der Waals surface area contributed by atoms with Gasteiger partial charge in [0.05, 0.1) is 19.2 Å². The Kier molecular flexibility index (Phi) is 7.69. The normalized spacial score (nSPS) is 17.1. The number of sulfonamides is 1. The first-order valence-corrected chi connectivity index (χ1v) is 12.2. The standard InChI is InChI=1S/C23H29ClN2O5S/c1-16-6-5-11-26(14-16)32(28,29)22-12-17(8-10-20(22)24)23(27)25(2)15-18-7-9-19(30-3)13-21(18)31-4/h7-10,12-13,16H,5-6,11,14-15H2,1-4H3. The number of carbonyl (C=O) groups excluding carboxylic acids is 1. The first-order valence-electron chi connectivity index (χ1n) is 10.4. The number of methoxy groups -OCH3 is 2. The second-order valence-corrected chi connectivity index (χ2v) is 10.4. The van der Waals surface area contributed by atoms with Crippen molar-refractivity contribution < 1.29 is 22.7 Å². The Hall–Kier alpha value is -2.29. The lowest BCUT2D eigenvalue weighted by Crippen LogP contribution is -2.39. The number of benzene rings is 2. The Labute approximate surface area is 194 Å². The summed E-state index contributed by atoms with van der Waals surface area (Å²) >= 11 is 6.26. The van der Waals surface area contributed by atoms with E-state index in [9.17, 15) is 13.2 Å². The Balaban J connectivity index is 1.85. The van der Waals surface area contributed by atoms with E-state index in [1.54, 1.807) is 39.5 Å². The zero-order valence-corrected chi connectivity index (χ0v) is 20.4. The first kappa shape index (κ1) is 24.4. The molecule has 3 rings (SSSR count). The lowest BCUT2D eigenvalue weighted by atomic mass is 10.0. The van der Waals surface area contributed by atoms with Gasteiger partial charge in [-0.05, 0) is 49.1 Å². The van der Waals surface area contributed by atoms with Crippen molar-refractivity contribution >= 4 is 27.5 Å². The summed E-state index contributed by atoms with van der Waals surface area (Å²) in [6.45, 7) is 3.22. The van der Waals surface area contributed by atoms with Crippen LogP contribution in [0.25, 0.3) is 0 Å². The molecule has 1 saturated heterocycles. The number of ether oxygens (including phenoxy) is 2. The average Bonchev–Trinajstić information content (AvgIpc) is 2.79. The predicted molar refractivity (Wildman–Crippen MR) is 124 cm³/mol. The topological polar surface area (TPSA) is 76.2 Å². The smallest absolute Gasteiger partial charge is 0.253 e. The van der Waals surface area contributed by atoms with Crippen LogP contribution in [-0.4, -0.2) is 57.9 Å². The molecule has 1 atom stereocenters. The summed E-state index contributed by atoms with van der Waals surface area (Å²) in [7, 11) is 0.990. The first-order chi connectivity index (χ1) is 15.2. The third kappa shape index (κ3) is 5.19. The summed E-state index contributed by atoms with van der Waals surface area (Å²) < 4.78 is 38.5. The van der Waals surface area contributed by atoms with Crippen LogP contribution >= 0.6 is 11.6 Å². The van der Waals surface area contributed by atoms with Gasteiger partial charge in [-0.2, -0.15) is 4.31 Å². The molecule has 0 spiro atoms. The molecule has 2 aromatic rings. The summed E-state index contributed by atoms with van der Waals surface area (Å²) in [5.74, 6) is 1.22. The molecule has 0 aromatic heterocycles. The van der Waals surface area contributed by atoms with Crippen LogP contribution in [0.15, 0.2) is 41.3 Å². The molecule has 7 nitrogen and oxygen atoms in total. The number of nitrogens with zero attached hydrogens (tertiary/aromatic N) is 2. The van der Waals surface area contributed by atoms with Crippen molar-refractivity contribution in [2.24, 2.45) is 5.92 Å². The second-order valence-electron chi connectivity index (χ2n) is 8.09. The number of hydrogen-bond donors (Lipinski definition) is 0. The maximum atomic E-state index is 13.2. The van der Waals surface area contributed by atoms with Gasteiger partial charge in [-0.15, -0.1) is 0 Å². The molecule has 0 bridgehead atoms. The van der Waals surface area contributed by atoms with Gasteiger partial charge >= 0.3 is 0 Å². The van der Waals surface area contributed by atoms with Crippen LogP contribution in [0, 0.1) is 5.92 Å². The second kappa shape index (κ2) is 10.1. The van der Waals surface area contributed by atoms with Crippen LogP contribution in [0.4, 0.5) is 0 Å². The monoisotopic (exact) mass is 480 g/mol. The maximum Gasteiger partial charge on any atom is 0.253 e. The highest BCUT2D eigenvalue weighted by atomic mass is 35.5. The SMILES string of the molecule is COc1ccc(CN(C)C(=O)c2ccc(Cl)c(S(=O)(=O)N3CCCC(C)C3)c2)c(OC)c1. The van der Waals surface area contributed by atoms with Crippen molar-refractivity contribution in [1.29, 1.82) is 0 Å². The Bertz CT molecular complexity index is 1090. The van der Waals surface area contributed by atoms with Crippen molar-refractivity contribution in [2.75, 3.05) is 34.4 Å². The van der Waals surface area contributed by atoms with Crippen molar-refractivity contribution in [3.8, 4) is 11.5 Å². The molecule has 174 valence electrons. The minimum absolute atomic E-state index is 0.0328. The largest absolute Gasteiger partial charge is 0.497 e. The third-order valence-corrected chi connectivity index (χ3v) is 8.01. The summed E-state index contributed by atoms with van der Waals surface area (Å²) in [5.41, 5.74) is 1.06. The third-order valence-electron chi connectivity index (χ3n) is 5.66. The minimum Gasteiger partial charge on any atom is -0.497 e. The summed E-state index contributed by atoms with van der Waals surface area (Å²) in [4.78, 5) is 14.6. The highest BCUT2D eigenvalue weighted by molar-refractivity contribution is 7.89. The van der Waals surface area contributed by atoms with Gasteiger partial charge in [-0.1, -0.05) is 18.5 Å². The number of halogens is 1. The fourth-order valence-electron chi connectivity index (χ4n) is 3.87. The van der Waals surface area contributed by atoms with Gasteiger partial charge in [0.25, 0.3) is 5.91 Å². The lowest BCUT2D eigenvalue weighted by molar-refractivity contribution is 0.0784. The van der Waals surface area contributed by atoms with Crippen molar-refractivity contribution in [3.05, 3.63) is 52.5 Å². The van der Waals surface area contributed by atoms with E-state index < -0.39 is 10.0 Å². The van der Waals surface area contributed by atoms with Crippen LogP contribution in [0.3, 0.4) is 0 Å². The van der Waals surface area contributed by atoms with Crippen LogP contribution in [0.5, 0.6) is 11.5 Å². The van der Waals surface area contributed by atoms with Crippen LogP contribution in [0.2, 0.25) is 5.02 Å². The molecule has 0 saturated carbocycles. The van der Waals surface area contributed by atoms with Gasteiger partial charge in [0, 0.05) is 43.9 Å². The molecule has 9 heteroatoms. The Morgan fingerprint density at radius 3 is 2.59 bits per heavy atom. The summed E-state index contributed by atoms with van der Waals surface area (Å²) in [6, 6.07) is 9.77. The number of carbonyl (C=O) groups is 1. The van der Waals surface area contributed by atoms with Gasteiger partial charge in [-0.25, -0.2) is 8.42 Å². The Morgan fingerprint density at radius 2 is 1.94 bits per heavy atom. The fourth-order valence-corrected chi connectivity index (χ4v) is 5.97. The van der Waals surface area contributed by atoms with Gasteiger partial charge < -0.3 is 14.4 Å². The molecule has 32 heavy (non-hydrogen) atoms. The van der Waals surface area contributed by atoms with E-state index in [2.05, 4.69) is 0 Å². The molecular weight excluding hydrogens is 452 g/mol. The fraction of sp³-hybridized carbons (Fsp3) is 0.435. The van der Waals surface area contributed by atoms with Gasteiger partial charge in [-0.3, -0.25) is 4.79 Å². The number of amides is 1. The molecule has 1 fully saturated rings. The van der Waals surface area contributed by atoms with E-state index in [0.717, 1.165) is 18.4 Å². The molecular formula is C23H29ClN2O5S. The molecule has 0 aliphatic carbocycles. The molecule has 1 aliphatic rings. The summed E-state index contributed by atoms with van der Waals surface area (Å²) in [6.07, 6.45) is 1.81. The molecule has 0 radical (unpaired) electrons. The molecule has 1 unspecified atom stereocenters. The van der Waals surface area contributed by atoms with Crippen molar-refractivity contribution in [1.82, 2.24) is 9.21 Å². The minimum atomic E-state index is -3.79. The van der Waals surface area contributed by atoms with E-state index in [4.69, 9.17) is 21.1 Å². The van der Waals surface area contributed by atoms with E-state index in [1.165, 1.54) is 21.3 Å². The highest BCUT2D eigenvalue weighted by Crippen LogP contribution is 2.30. The van der Waals surface area contributed by atoms with Crippen LogP contribution in [-0.2, 0) is 16.6 Å². The number of hydrogen-bond acceptors (Lipinski definition) is 5. The lowest BCUT2D eigenvalue weighted by Gasteiger charge is -2.30. The van der Waals surface area contributed by atoms with Gasteiger partial charge in [0.2, 0.25) is 10.0 Å².